The molecule has 2 aromatic heterocycles. The molecule has 0 saturated heterocycles. The first kappa shape index (κ1) is 14.7. The third kappa shape index (κ3) is 2.90. The van der Waals surface area contributed by atoms with Gasteiger partial charge in [-0.25, -0.2) is 14.8 Å². The summed E-state index contributed by atoms with van der Waals surface area (Å²) in [7, 11) is 0. The van der Waals surface area contributed by atoms with E-state index in [4.69, 9.17) is 0 Å². The van der Waals surface area contributed by atoms with Crippen LogP contribution in [0.2, 0.25) is 0 Å². The maximum absolute atomic E-state index is 11.2. The lowest BCUT2D eigenvalue weighted by atomic mass is 10.1. The lowest BCUT2D eigenvalue weighted by Crippen LogP contribution is -2.18. The summed E-state index contributed by atoms with van der Waals surface area (Å²) < 4.78 is 0. The molecule has 1 unspecified atom stereocenters. The van der Waals surface area contributed by atoms with Gasteiger partial charge in [0.2, 0.25) is 0 Å². The highest BCUT2D eigenvalue weighted by atomic mass is 32.1. The molecular weight excluding hydrogens is 274 g/mol. The summed E-state index contributed by atoms with van der Waals surface area (Å²) in [5.41, 5.74) is 0.734. The predicted molar refractivity (Wildman–Crippen MR) is 81.7 cm³/mol. The lowest BCUT2D eigenvalue weighted by molar-refractivity contribution is 0.0701. The van der Waals surface area contributed by atoms with Crippen LogP contribution in [0, 0.1) is 12.8 Å². The van der Waals surface area contributed by atoms with E-state index in [2.05, 4.69) is 36.1 Å². The van der Waals surface area contributed by atoms with Gasteiger partial charge in [0.05, 0.1) is 5.39 Å². The molecule has 0 fully saturated rings. The summed E-state index contributed by atoms with van der Waals surface area (Å²) in [6, 6.07) is 0.278. The zero-order valence-electron chi connectivity index (χ0n) is 12.1. The number of aryl methyl sites for hydroxylation is 1. The molecule has 0 aliphatic carbocycles. The summed E-state index contributed by atoms with van der Waals surface area (Å²) in [4.78, 5) is 20.7. The standard InChI is InChI=1S/C14H19N3O2S/c1-7(2)5-8(3)17-12-10-9(4)11(14(18)19)20-13(10)16-6-15-12/h6-8H,5H2,1-4H3,(H,18,19)(H,15,16,17). The van der Waals surface area contributed by atoms with Gasteiger partial charge < -0.3 is 10.4 Å². The molecule has 0 saturated carbocycles. The number of carboxylic acid groups (broad SMARTS) is 1. The van der Waals surface area contributed by atoms with Gasteiger partial charge in [0, 0.05) is 6.04 Å². The molecule has 0 aliphatic rings. The fourth-order valence-electron chi connectivity index (χ4n) is 2.38. The molecule has 2 rings (SSSR count). The molecule has 0 aliphatic heterocycles. The van der Waals surface area contributed by atoms with Crippen molar-refractivity contribution < 1.29 is 9.90 Å². The van der Waals surface area contributed by atoms with Gasteiger partial charge in [0.1, 0.15) is 21.9 Å². The molecule has 6 heteroatoms. The van der Waals surface area contributed by atoms with Gasteiger partial charge in [0.25, 0.3) is 0 Å². The predicted octanol–water partition coefficient (Wildman–Crippen LogP) is 3.54. The number of carboxylic acids is 1. The van der Waals surface area contributed by atoms with Crippen LogP contribution < -0.4 is 5.32 Å². The number of aromatic nitrogens is 2. The third-order valence-corrected chi connectivity index (χ3v) is 4.32. The number of hydrogen-bond donors (Lipinski definition) is 2. The van der Waals surface area contributed by atoms with Gasteiger partial charge in [0.15, 0.2) is 0 Å². The van der Waals surface area contributed by atoms with Gasteiger partial charge in [-0.2, -0.15) is 0 Å². The molecule has 108 valence electrons. The van der Waals surface area contributed by atoms with Crippen molar-refractivity contribution in [2.45, 2.75) is 40.2 Å². The van der Waals surface area contributed by atoms with E-state index in [0.717, 1.165) is 23.2 Å². The SMILES string of the molecule is Cc1c(C(=O)O)sc2ncnc(NC(C)CC(C)C)c12. The normalized spacial score (nSPS) is 12.8. The second kappa shape index (κ2) is 5.75. The second-order valence-corrected chi connectivity index (χ2v) is 6.44. The number of nitrogens with one attached hydrogen (secondary N) is 1. The Morgan fingerprint density at radius 2 is 2.10 bits per heavy atom. The van der Waals surface area contributed by atoms with Crippen LogP contribution in [0.1, 0.15) is 42.4 Å². The maximum atomic E-state index is 11.2. The number of anilines is 1. The van der Waals surface area contributed by atoms with Crippen molar-refractivity contribution in [2.24, 2.45) is 5.92 Å². The molecule has 1 atom stereocenters. The first-order valence-corrected chi connectivity index (χ1v) is 7.45. The zero-order valence-corrected chi connectivity index (χ0v) is 12.9. The Kier molecular flexibility index (Phi) is 4.23. The van der Waals surface area contributed by atoms with Gasteiger partial charge >= 0.3 is 5.97 Å². The number of aromatic carboxylic acids is 1. The molecule has 5 nitrogen and oxygen atoms in total. The van der Waals surface area contributed by atoms with Crippen LogP contribution in [0.4, 0.5) is 5.82 Å². The van der Waals surface area contributed by atoms with E-state index in [1.807, 2.05) is 6.92 Å². The Labute approximate surface area is 122 Å². The van der Waals surface area contributed by atoms with Crippen molar-refractivity contribution in [3.63, 3.8) is 0 Å². The number of hydrogen-bond acceptors (Lipinski definition) is 5. The number of thiophene rings is 1. The van der Waals surface area contributed by atoms with Crippen LogP contribution in [0.3, 0.4) is 0 Å². The summed E-state index contributed by atoms with van der Waals surface area (Å²) in [6.07, 6.45) is 2.51. The third-order valence-electron chi connectivity index (χ3n) is 3.13. The lowest BCUT2D eigenvalue weighted by Gasteiger charge is -2.17. The van der Waals surface area contributed by atoms with E-state index in [-0.39, 0.29) is 6.04 Å². The molecule has 2 aromatic rings. The van der Waals surface area contributed by atoms with Crippen LogP contribution in [0.5, 0.6) is 0 Å². The number of nitrogens with zero attached hydrogens (tertiary/aromatic N) is 2. The van der Waals surface area contributed by atoms with E-state index in [1.165, 1.54) is 17.7 Å². The van der Waals surface area contributed by atoms with Crippen molar-refractivity contribution in [1.29, 1.82) is 0 Å². The smallest absolute Gasteiger partial charge is 0.346 e. The molecule has 0 radical (unpaired) electrons. The molecule has 20 heavy (non-hydrogen) atoms. The van der Waals surface area contributed by atoms with E-state index in [9.17, 15) is 9.90 Å². The number of carbonyl (C=O) groups is 1. The van der Waals surface area contributed by atoms with Crippen molar-refractivity contribution in [1.82, 2.24) is 9.97 Å². The largest absolute Gasteiger partial charge is 0.477 e. The highest BCUT2D eigenvalue weighted by Crippen LogP contribution is 2.33. The second-order valence-electron chi connectivity index (χ2n) is 5.44. The van der Waals surface area contributed by atoms with Crippen molar-refractivity contribution >= 4 is 33.3 Å². The highest BCUT2D eigenvalue weighted by molar-refractivity contribution is 7.20. The summed E-state index contributed by atoms with van der Waals surface area (Å²) in [5, 5.41) is 13.4. The average molecular weight is 293 g/mol. The summed E-state index contributed by atoms with van der Waals surface area (Å²) >= 11 is 1.20. The van der Waals surface area contributed by atoms with Gasteiger partial charge in [-0.05, 0) is 31.7 Å². The van der Waals surface area contributed by atoms with Crippen LogP contribution in [-0.4, -0.2) is 27.1 Å². The van der Waals surface area contributed by atoms with Crippen LogP contribution >= 0.6 is 11.3 Å². The maximum Gasteiger partial charge on any atom is 0.346 e. The van der Waals surface area contributed by atoms with Crippen molar-refractivity contribution in [2.75, 3.05) is 5.32 Å². The fraction of sp³-hybridized carbons (Fsp3) is 0.500. The van der Waals surface area contributed by atoms with E-state index in [0.29, 0.717) is 15.6 Å². The van der Waals surface area contributed by atoms with Gasteiger partial charge in [-0.15, -0.1) is 11.3 Å². The molecule has 2 N–H and O–H groups in total. The Bertz CT molecular complexity index is 637. The molecule has 0 amide bonds. The molecule has 0 spiro atoms. The summed E-state index contributed by atoms with van der Waals surface area (Å²) in [5.74, 6) is 0.407. The molecular formula is C14H19N3O2S. The molecule has 2 heterocycles. The molecule has 0 bridgehead atoms. The fourth-order valence-corrected chi connectivity index (χ4v) is 3.37. The van der Waals surface area contributed by atoms with Gasteiger partial charge in [-0.3, -0.25) is 0 Å². The van der Waals surface area contributed by atoms with Crippen LogP contribution in [0.25, 0.3) is 10.2 Å². The van der Waals surface area contributed by atoms with Gasteiger partial charge in [-0.1, -0.05) is 13.8 Å². The minimum absolute atomic E-state index is 0.278. The monoisotopic (exact) mass is 293 g/mol. The number of rotatable bonds is 5. The van der Waals surface area contributed by atoms with Crippen molar-refractivity contribution in [3.05, 3.63) is 16.8 Å². The topological polar surface area (TPSA) is 75.1 Å². The minimum atomic E-state index is -0.910. The minimum Gasteiger partial charge on any atom is -0.477 e. The average Bonchev–Trinajstić information content (AvgIpc) is 2.67. The Morgan fingerprint density at radius 1 is 1.40 bits per heavy atom. The van der Waals surface area contributed by atoms with E-state index in [1.54, 1.807) is 0 Å². The quantitative estimate of drug-likeness (QED) is 0.881. The summed E-state index contributed by atoms with van der Waals surface area (Å²) in [6.45, 7) is 8.26. The zero-order chi connectivity index (χ0) is 14.9. The molecule has 0 aromatic carbocycles. The van der Waals surface area contributed by atoms with Crippen molar-refractivity contribution in [3.8, 4) is 0 Å². The highest BCUT2D eigenvalue weighted by Gasteiger charge is 2.19. The van der Waals surface area contributed by atoms with E-state index >= 15 is 0 Å². The Hall–Kier alpha value is -1.69. The van der Waals surface area contributed by atoms with Crippen LogP contribution in [-0.2, 0) is 0 Å². The first-order valence-electron chi connectivity index (χ1n) is 6.64. The Morgan fingerprint density at radius 3 is 2.70 bits per heavy atom. The van der Waals surface area contributed by atoms with Crippen LogP contribution in [0.15, 0.2) is 6.33 Å². The first-order chi connectivity index (χ1) is 9.40. The Balaban J connectivity index is 2.41. The van der Waals surface area contributed by atoms with E-state index < -0.39 is 5.97 Å². The number of fused-ring (bicyclic) bond motifs is 1.